The maximum atomic E-state index is 13.3. The lowest BCUT2D eigenvalue weighted by Crippen LogP contribution is -2.42. The van der Waals surface area contributed by atoms with Gasteiger partial charge in [0.15, 0.2) is 0 Å². The number of hydrogen-bond acceptors (Lipinski definition) is 4. The van der Waals surface area contributed by atoms with E-state index in [1.807, 2.05) is 55.5 Å². The number of nitrogens with zero attached hydrogens (tertiary/aromatic N) is 3. The predicted octanol–water partition coefficient (Wildman–Crippen LogP) is 4.21. The first-order chi connectivity index (χ1) is 14.9. The van der Waals surface area contributed by atoms with Crippen LogP contribution >= 0.6 is 11.6 Å². The Kier molecular flexibility index (Phi) is 7.82. The van der Waals surface area contributed by atoms with E-state index in [1.165, 1.54) is 9.91 Å². The Balaban J connectivity index is 1.91. The van der Waals surface area contributed by atoms with E-state index in [1.54, 1.807) is 14.0 Å². The highest BCUT2D eigenvalue weighted by molar-refractivity contribution is 6.34. The third kappa shape index (κ3) is 5.51. The van der Waals surface area contributed by atoms with Crippen molar-refractivity contribution in [3.8, 4) is 0 Å². The summed E-state index contributed by atoms with van der Waals surface area (Å²) in [6.07, 6.45) is 0.880. The molecule has 0 saturated carbocycles. The maximum absolute atomic E-state index is 13.3. The second kappa shape index (κ2) is 10.6. The van der Waals surface area contributed by atoms with Crippen LogP contribution in [0.25, 0.3) is 0 Å². The average molecular weight is 442 g/mol. The molecule has 2 aromatic carbocycles. The molecule has 1 atom stereocenters. The van der Waals surface area contributed by atoms with E-state index >= 15 is 0 Å². The zero-order valence-corrected chi connectivity index (χ0v) is 18.9. The van der Waals surface area contributed by atoms with Gasteiger partial charge in [0, 0.05) is 37.1 Å². The minimum absolute atomic E-state index is 0.0440. The summed E-state index contributed by atoms with van der Waals surface area (Å²) in [5.41, 5.74) is 3.72. The second-order valence-corrected chi connectivity index (χ2v) is 7.96. The Morgan fingerprint density at radius 3 is 2.55 bits per heavy atom. The van der Waals surface area contributed by atoms with Crippen LogP contribution in [0.4, 0.5) is 0 Å². The van der Waals surface area contributed by atoms with Gasteiger partial charge in [-0.15, -0.1) is 0 Å². The van der Waals surface area contributed by atoms with Crippen LogP contribution in [0.3, 0.4) is 0 Å². The fourth-order valence-electron chi connectivity index (χ4n) is 3.60. The molecule has 2 amide bonds. The summed E-state index contributed by atoms with van der Waals surface area (Å²) < 4.78 is 5.10. The Morgan fingerprint density at radius 1 is 1.19 bits per heavy atom. The first kappa shape index (κ1) is 23.0. The molecule has 0 spiro atoms. The third-order valence-electron chi connectivity index (χ3n) is 5.36. The fourth-order valence-corrected chi connectivity index (χ4v) is 3.84. The molecule has 0 N–H and O–H groups in total. The molecule has 0 saturated heterocycles. The van der Waals surface area contributed by atoms with Crippen molar-refractivity contribution in [3.05, 3.63) is 70.2 Å². The van der Waals surface area contributed by atoms with Crippen molar-refractivity contribution in [1.82, 2.24) is 9.91 Å². The molecule has 0 bridgehead atoms. The molecule has 0 aromatic heterocycles. The molecule has 2 aromatic rings. The Morgan fingerprint density at radius 2 is 1.90 bits per heavy atom. The van der Waals surface area contributed by atoms with Crippen molar-refractivity contribution in [2.75, 3.05) is 26.8 Å². The Bertz CT molecular complexity index is 959. The molecule has 1 aliphatic rings. The average Bonchev–Trinajstić information content (AvgIpc) is 3.22. The molecule has 3 rings (SSSR count). The van der Waals surface area contributed by atoms with Gasteiger partial charge < -0.3 is 9.64 Å². The summed E-state index contributed by atoms with van der Waals surface area (Å²) >= 11 is 6.40. The molecule has 1 unspecified atom stereocenters. The lowest BCUT2D eigenvalue weighted by molar-refractivity contribution is -0.141. The molecular weight excluding hydrogens is 414 g/mol. The lowest BCUT2D eigenvalue weighted by Gasteiger charge is -2.26. The summed E-state index contributed by atoms with van der Waals surface area (Å²) in [6.45, 7) is 4.49. The van der Waals surface area contributed by atoms with Gasteiger partial charge in [-0.25, -0.2) is 5.01 Å². The van der Waals surface area contributed by atoms with Crippen LogP contribution < -0.4 is 0 Å². The number of hydrogen-bond donors (Lipinski definition) is 0. The van der Waals surface area contributed by atoms with Crippen LogP contribution in [0.15, 0.2) is 53.6 Å². The molecular formula is C24H28ClN3O3. The van der Waals surface area contributed by atoms with E-state index in [4.69, 9.17) is 16.3 Å². The molecule has 0 radical (unpaired) electrons. The van der Waals surface area contributed by atoms with Gasteiger partial charge in [0.05, 0.1) is 18.4 Å². The normalized spacial score (nSPS) is 15.7. The van der Waals surface area contributed by atoms with Crippen LogP contribution in [0.5, 0.6) is 0 Å². The molecule has 31 heavy (non-hydrogen) atoms. The number of rotatable bonds is 8. The number of hydrazone groups is 1. The largest absolute Gasteiger partial charge is 0.383 e. The van der Waals surface area contributed by atoms with Crippen molar-refractivity contribution in [2.45, 2.75) is 32.7 Å². The number of methoxy groups -OCH3 is 1. The number of carbonyl (C=O) groups excluding carboxylic acids is 2. The topological polar surface area (TPSA) is 62.2 Å². The number of carbonyl (C=O) groups is 2. The van der Waals surface area contributed by atoms with E-state index < -0.39 is 0 Å². The molecule has 1 heterocycles. The van der Waals surface area contributed by atoms with E-state index in [0.717, 1.165) is 22.4 Å². The third-order valence-corrected chi connectivity index (χ3v) is 5.69. The monoisotopic (exact) mass is 441 g/mol. The first-order valence-corrected chi connectivity index (χ1v) is 10.8. The van der Waals surface area contributed by atoms with Crippen molar-refractivity contribution < 1.29 is 14.3 Å². The van der Waals surface area contributed by atoms with Crippen LogP contribution in [0.1, 0.15) is 42.5 Å². The standard InChI is InChI=1S/C24H28ClN3O3/c1-4-23(29)27(13-14-31-3)16-24(30)28-22(18-11-9-17(2)10-12-18)15-21(26-28)19-7-5-6-8-20(19)25/h5-12,22H,4,13-16H2,1-3H3. The fraction of sp³-hybridized carbons (Fsp3) is 0.375. The number of benzene rings is 2. The van der Waals surface area contributed by atoms with Gasteiger partial charge in [0.2, 0.25) is 5.91 Å². The van der Waals surface area contributed by atoms with Crippen LogP contribution in [-0.2, 0) is 14.3 Å². The summed E-state index contributed by atoms with van der Waals surface area (Å²) in [5, 5.41) is 6.77. The minimum Gasteiger partial charge on any atom is -0.383 e. The van der Waals surface area contributed by atoms with Crippen LogP contribution in [-0.4, -0.2) is 54.2 Å². The summed E-state index contributed by atoms with van der Waals surface area (Å²) in [7, 11) is 1.57. The second-order valence-electron chi connectivity index (χ2n) is 7.56. The van der Waals surface area contributed by atoms with Gasteiger partial charge in [0.1, 0.15) is 6.54 Å². The SMILES string of the molecule is CCC(=O)N(CCOC)CC(=O)N1N=C(c2ccccc2Cl)CC1c1ccc(C)cc1. The van der Waals surface area contributed by atoms with Gasteiger partial charge >= 0.3 is 0 Å². The quantitative estimate of drug-likeness (QED) is 0.616. The highest BCUT2D eigenvalue weighted by Crippen LogP contribution is 2.34. The number of aryl methyl sites for hydroxylation is 1. The highest BCUT2D eigenvalue weighted by Gasteiger charge is 2.34. The Labute approximate surface area is 188 Å². The Hall–Kier alpha value is -2.70. The predicted molar refractivity (Wildman–Crippen MR) is 122 cm³/mol. The van der Waals surface area contributed by atoms with Gasteiger partial charge in [0.25, 0.3) is 5.91 Å². The molecule has 164 valence electrons. The highest BCUT2D eigenvalue weighted by atomic mass is 35.5. The summed E-state index contributed by atoms with van der Waals surface area (Å²) in [6, 6.07) is 15.3. The molecule has 1 aliphatic heterocycles. The summed E-state index contributed by atoms with van der Waals surface area (Å²) in [4.78, 5) is 27.2. The van der Waals surface area contributed by atoms with Gasteiger partial charge in [-0.3, -0.25) is 9.59 Å². The number of ether oxygens (including phenoxy) is 1. The van der Waals surface area contributed by atoms with E-state index in [9.17, 15) is 9.59 Å². The smallest absolute Gasteiger partial charge is 0.262 e. The molecule has 0 fully saturated rings. The molecule has 7 heteroatoms. The zero-order valence-electron chi connectivity index (χ0n) is 18.2. The van der Waals surface area contributed by atoms with E-state index in [0.29, 0.717) is 31.0 Å². The van der Waals surface area contributed by atoms with E-state index in [-0.39, 0.29) is 24.4 Å². The lowest BCUT2D eigenvalue weighted by atomic mass is 9.97. The van der Waals surface area contributed by atoms with Crippen molar-refractivity contribution >= 4 is 29.1 Å². The van der Waals surface area contributed by atoms with Gasteiger partial charge in [-0.2, -0.15) is 5.10 Å². The van der Waals surface area contributed by atoms with Crippen LogP contribution in [0.2, 0.25) is 5.02 Å². The van der Waals surface area contributed by atoms with Gasteiger partial charge in [-0.05, 0) is 18.6 Å². The first-order valence-electron chi connectivity index (χ1n) is 10.4. The van der Waals surface area contributed by atoms with E-state index in [2.05, 4.69) is 5.10 Å². The zero-order chi connectivity index (χ0) is 22.4. The van der Waals surface area contributed by atoms with Gasteiger partial charge in [-0.1, -0.05) is 66.6 Å². The number of halogens is 1. The van der Waals surface area contributed by atoms with Crippen molar-refractivity contribution in [3.63, 3.8) is 0 Å². The summed E-state index contributed by atoms with van der Waals surface area (Å²) in [5.74, 6) is -0.322. The molecule has 6 nitrogen and oxygen atoms in total. The van der Waals surface area contributed by atoms with Crippen molar-refractivity contribution in [1.29, 1.82) is 0 Å². The maximum Gasteiger partial charge on any atom is 0.262 e. The van der Waals surface area contributed by atoms with Crippen LogP contribution in [0, 0.1) is 6.92 Å². The minimum atomic E-state index is -0.250. The number of amides is 2. The molecule has 0 aliphatic carbocycles. The van der Waals surface area contributed by atoms with Crippen molar-refractivity contribution in [2.24, 2.45) is 5.10 Å².